The van der Waals surface area contributed by atoms with Crippen molar-refractivity contribution in [3.05, 3.63) is 83.9 Å². The lowest BCUT2D eigenvalue weighted by Crippen LogP contribution is -1.86. The van der Waals surface area contributed by atoms with Gasteiger partial charge in [0.15, 0.2) is 0 Å². The summed E-state index contributed by atoms with van der Waals surface area (Å²) in [6.45, 7) is 4.43. The zero-order valence-electron chi connectivity index (χ0n) is 18.7. The minimum Gasteiger partial charge on any atom is -0.0654 e. The van der Waals surface area contributed by atoms with Gasteiger partial charge < -0.3 is 0 Å². The zero-order chi connectivity index (χ0) is 20.6. The van der Waals surface area contributed by atoms with Crippen LogP contribution < -0.4 is 0 Å². The molecule has 0 aliphatic carbocycles. The maximum Gasteiger partial charge on any atom is -0.0155 e. The Morgan fingerprint density at radius 2 is 1.07 bits per heavy atom. The van der Waals surface area contributed by atoms with Gasteiger partial charge in [0.1, 0.15) is 0 Å². The number of hydrogen-bond donors (Lipinski definition) is 0. The van der Waals surface area contributed by atoms with E-state index in [-0.39, 0.29) is 0 Å². The van der Waals surface area contributed by atoms with Crippen molar-refractivity contribution in [1.29, 1.82) is 0 Å². The van der Waals surface area contributed by atoms with Gasteiger partial charge in [0.25, 0.3) is 0 Å². The molecule has 156 valence electrons. The second-order valence-electron chi connectivity index (χ2n) is 8.21. The summed E-state index contributed by atoms with van der Waals surface area (Å²) in [4.78, 5) is 0. The van der Waals surface area contributed by atoms with Crippen molar-refractivity contribution in [2.75, 3.05) is 0 Å². The molecule has 0 N–H and O–H groups in total. The quantitative estimate of drug-likeness (QED) is 0.287. The Bertz CT molecular complexity index is 767. The molecule has 0 saturated carbocycles. The number of unbranched alkanes of at least 4 members (excludes halogenated alkanes) is 9. The Morgan fingerprint density at radius 3 is 1.72 bits per heavy atom. The molecule has 0 unspecified atom stereocenters. The molecule has 0 spiro atoms. The van der Waals surface area contributed by atoms with Crippen LogP contribution in [-0.4, -0.2) is 0 Å². The van der Waals surface area contributed by atoms with Crippen LogP contribution >= 0.6 is 0 Å². The van der Waals surface area contributed by atoms with Gasteiger partial charge in [-0.25, -0.2) is 0 Å². The Morgan fingerprint density at radius 1 is 0.517 bits per heavy atom. The van der Waals surface area contributed by atoms with Gasteiger partial charge in [-0.05, 0) is 41.7 Å². The lowest BCUT2D eigenvalue weighted by molar-refractivity contribution is 0.556. The first-order valence-electron chi connectivity index (χ1n) is 11.8. The van der Waals surface area contributed by atoms with E-state index < -0.39 is 0 Å². The van der Waals surface area contributed by atoms with Crippen molar-refractivity contribution in [3.8, 4) is 0 Å². The lowest BCUT2D eigenvalue weighted by Gasteiger charge is -2.03. The van der Waals surface area contributed by atoms with Crippen LogP contribution in [0.3, 0.4) is 0 Å². The molecule has 3 rings (SSSR count). The topological polar surface area (TPSA) is 0 Å². The van der Waals surface area contributed by atoms with Gasteiger partial charge in [-0.2, -0.15) is 0 Å². The zero-order valence-corrected chi connectivity index (χ0v) is 18.7. The Labute approximate surface area is 179 Å². The van der Waals surface area contributed by atoms with Crippen LogP contribution in [0.25, 0.3) is 10.8 Å². The maximum atomic E-state index is 2.28. The molecule has 3 aromatic carbocycles. The van der Waals surface area contributed by atoms with Crippen molar-refractivity contribution in [2.24, 2.45) is 0 Å². The van der Waals surface area contributed by atoms with Crippen molar-refractivity contribution in [2.45, 2.75) is 84.5 Å². The van der Waals surface area contributed by atoms with E-state index in [1.54, 1.807) is 0 Å². The number of hydrogen-bond acceptors (Lipinski definition) is 0. The van der Waals surface area contributed by atoms with E-state index in [0.717, 1.165) is 0 Å². The molecule has 0 aromatic heterocycles. The molecule has 0 nitrogen and oxygen atoms in total. The predicted molar refractivity (Wildman–Crippen MR) is 131 cm³/mol. The largest absolute Gasteiger partial charge is 0.0654 e. The molecule has 0 aliphatic rings. The van der Waals surface area contributed by atoms with Crippen LogP contribution in [0.2, 0.25) is 0 Å². The van der Waals surface area contributed by atoms with Gasteiger partial charge >= 0.3 is 0 Å². The van der Waals surface area contributed by atoms with Crippen molar-refractivity contribution in [3.63, 3.8) is 0 Å². The highest BCUT2D eigenvalue weighted by molar-refractivity contribution is 5.85. The highest BCUT2D eigenvalue weighted by atomic mass is 14.0. The second kappa shape index (κ2) is 14.9. The minimum atomic E-state index is 1.26. The van der Waals surface area contributed by atoms with E-state index in [1.807, 2.05) is 0 Å². The molecule has 0 aliphatic heterocycles. The van der Waals surface area contributed by atoms with Crippen molar-refractivity contribution >= 4 is 10.8 Å². The SMILES string of the molecule is CCCCCCCCCCCCc1ccccc1.Cc1cccc2ccccc12. The summed E-state index contributed by atoms with van der Waals surface area (Å²) in [5.41, 5.74) is 2.85. The van der Waals surface area contributed by atoms with Crippen molar-refractivity contribution < 1.29 is 0 Å². The summed E-state index contributed by atoms with van der Waals surface area (Å²) in [5, 5.41) is 2.68. The minimum absolute atomic E-state index is 1.26. The molecule has 0 heterocycles. The number of benzene rings is 3. The normalized spacial score (nSPS) is 10.6. The molecule has 3 aromatic rings. The highest BCUT2D eigenvalue weighted by Crippen LogP contribution is 2.16. The van der Waals surface area contributed by atoms with Gasteiger partial charge in [0.2, 0.25) is 0 Å². The molecule has 29 heavy (non-hydrogen) atoms. The fraction of sp³-hybridized carbons (Fsp3) is 0.448. The molecule has 0 saturated heterocycles. The predicted octanol–water partition coefficient (Wildman–Crippen LogP) is 9.30. The van der Waals surface area contributed by atoms with E-state index in [4.69, 9.17) is 0 Å². The van der Waals surface area contributed by atoms with E-state index in [0.29, 0.717) is 0 Å². The molecular weight excluding hydrogens is 348 g/mol. The summed E-state index contributed by atoms with van der Waals surface area (Å²) >= 11 is 0. The fourth-order valence-corrected chi connectivity index (χ4v) is 3.85. The lowest BCUT2D eigenvalue weighted by atomic mass is 10.0. The van der Waals surface area contributed by atoms with E-state index in [9.17, 15) is 0 Å². The Kier molecular flexibility index (Phi) is 11.9. The van der Waals surface area contributed by atoms with Crippen molar-refractivity contribution in [1.82, 2.24) is 0 Å². The van der Waals surface area contributed by atoms with Gasteiger partial charge in [-0.1, -0.05) is 138 Å². The van der Waals surface area contributed by atoms with Crippen LogP contribution in [0.4, 0.5) is 0 Å². The first-order chi connectivity index (χ1) is 14.3. The third kappa shape index (κ3) is 9.79. The Balaban J connectivity index is 0.000000230. The number of fused-ring (bicyclic) bond motifs is 1. The van der Waals surface area contributed by atoms with Crippen LogP contribution in [0.15, 0.2) is 72.8 Å². The third-order valence-electron chi connectivity index (χ3n) is 5.67. The summed E-state index contributed by atoms with van der Waals surface area (Å²) in [7, 11) is 0. The standard InChI is InChI=1S/C18H30.C11H10/c1-2-3-4-5-6-7-8-9-10-12-15-18-16-13-11-14-17-18;1-9-5-4-7-10-6-2-3-8-11(9)10/h11,13-14,16-17H,2-10,12,15H2,1H3;2-8H,1H3. The highest BCUT2D eigenvalue weighted by Gasteiger charge is 1.94. The van der Waals surface area contributed by atoms with Crippen LogP contribution in [-0.2, 0) is 6.42 Å². The first kappa shape index (κ1) is 23.2. The summed E-state index contributed by atoms with van der Waals surface area (Å²) in [6, 6.07) is 25.7. The fourth-order valence-electron chi connectivity index (χ4n) is 3.85. The summed E-state index contributed by atoms with van der Waals surface area (Å²) < 4.78 is 0. The average Bonchev–Trinajstić information content (AvgIpc) is 2.77. The van der Waals surface area contributed by atoms with E-state index in [2.05, 4.69) is 86.6 Å². The molecule has 0 bridgehead atoms. The monoisotopic (exact) mass is 388 g/mol. The molecule has 0 atom stereocenters. The second-order valence-corrected chi connectivity index (χ2v) is 8.21. The first-order valence-corrected chi connectivity index (χ1v) is 11.8. The molecule has 0 radical (unpaired) electrons. The van der Waals surface area contributed by atoms with Gasteiger partial charge in [0, 0.05) is 0 Å². The van der Waals surface area contributed by atoms with Crippen LogP contribution in [0, 0.1) is 6.92 Å². The molecular formula is C29H40. The van der Waals surface area contributed by atoms with E-state index in [1.165, 1.54) is 92.5 Å². The van der Waals surface area contributed by atoms with Gasteiger partial charge in [-0.3, -0.25) is 0 Å². The van der Waals surface area contributed by atoms with Gasteiger partial charge in [-0.15, -0.1) is 0 Å². The Hall–Kier alpha value is -2.08. The summed E-state index contributed by atoms with van der Waals surface area (Å²) in [5.74, 6) is 0. The van der Waals surface area contributed by atoms with Crippen LogP contribution in [0.5, 0.6) is 0 Å². The smallest absolute Gasteiger partial charge is 0.0155 e. The van der Waals surface area contributed by atoms with Gasteiger partial charge in [0.05, 0.1) is 0 Å². The summed E-state index contributed by atoms with van der Waals surface area (Å²) in [6.07, 6.45) is 15.5. The molecule has 0 fully saturated rings. The third-order valence-corrected chi connectivity index (χ3v) is 5.67. The molecule has 0 heteroatoms. The number of rotatable bonds is 11. The number of aryl methyl sites for hydroxylation is 2. The molecule has 0 amide bonds. The van der Waals surface area contributed by atoms with Crippen LogP contribution in [0.1, 0.15) is 82.3 Å². The van der Waals surface area contributed by atoms with E-state index >= 15 is 0 Å². The average molecular weight is 389 g/mol. The maximum absolute atomic E-state index is 2.28.